The highest BCUT2D eigenvalue weighted by atomic mass is 16.5. The van der Waals surface area contributed by atoms with Gasteiger partial charge in [-0.05, 0) is 24.6 Å². The van der Waals surface area contributed by atoms with E-state index in [1.807, 2.05) is 4.57 Å². The second-order valence-corrected chi connectivity index (χ2v) is 5.52. The number of aromatic nitrogens is 3. The molecule has 0 atom stereocenters. The highest BCUT2D eigenvalue weighted by molar-refractivity contribution is 5.98. The van der Waals surface area contributed by atoms with Crippen LogP contribution in [0.15, 0.2) is 18.2 Å². The number of ether oxygens (including phenoxy) is 1. The second-order valence-electron chi connectivity index (χ2n) is 5.52. The van der Waals surface area contributed by atoms with Crippen LogP contribution in [0, 0.1) is 0 Å². The molecule has 8 heteroatoms. The summed E-state index contributed by atoms with van der Waals surface area (Å²) in [6.07, 6.45) is 2.01. The maximum Gasteiger partial charge on any atom is 0.262 e. The van der Waals surface area contributed by atoms with Crippen LogP contribution in [0.25, 0.3) is 0 Å². The summed E-state index contributed by atoms with van der Waals surface area (Å²) in [6.45, 7) is 1.20. The van der Waals surface area contributed by atoms with E-state index in [-0.39, 0.29) is 18.4 Å². The van der Waals surface area contributed by atoms with Crippen molar-refractivity contribution >= 4 is 17.5 Å². The van der Waals surface area contributed by atoms with Gasteiger partial charge in [-0.3, -0.25) is 9.59 Å². The van der Waals surface area contributed by atoms with Gasteiger partial charge in [-0.15, -0.1) is 10.2 Å². The van der Waals surface area contributed by atoms with Crippen LogP contribution in [0.2, 0.25) is 0 Å². The average Bonchev–Trinajstić information content (AvgIpc) is 3.16. The van der Waals surface area contributed by atoms with E-state index in [2.05, 4.69) is 20.8 Å². The Hall–Kier alpha value is -2.90. The molecule has 3 heterocycles. The third-order valence-electron chi connectivity index (χ3n) is 3.97. The van der Waals surface area contributed by atoms with E-state index in [0.717, 1.165) is 31.0 Å². The van der Waals surface area contributed by atoms with Crippen LogP contribution in [-0.2, 0) is 24.3 Å². The molecule has 2 N–H and O–H groups in total. The normalized spacial score (nSPS) is 15.4. The van der Waals surface area contributed by atoms with Crippen molar-refractivity contribution in [1.82, 2.24) is 20.1 Å². The number of hydrogen-bond acceptors (Lipinski definition) is 5. The summed E-state index contributed by atoms with van der Waals surface area (Å²) in [5.74, 6) is 1.83. The number of hydrogen-bond donors (Lipinski definition) is 2. The van der Waals surface area contributed by atoms with Crippen LogP contribution in [0.3, 0.4) is 0 Å². The molecule has 8 nitrogen and oxygen atoms in total. The Kier molecular flexibility index (Phi) is 3.22. The molecule has 0 unspecified atom stereocenters. The van der Waals surface area contributed by atoms with Gasteiger partial charge in [-0.2, -0.15) is 0 Å². The predicted molar refractivity (Wildman–Crippen MR) is 80.1 cm³/mol. The highest BCUT2D eigenvalue weighted by Crippen LogP contribution is 2.28. The molecular weight excluding hydrogens is 298 g/mol. The fourth-order valence-corrected chi connectivity index (χ4v) is 2.82. The lowest BCUT2D eigenvalue weighted by atomic mass is 10.1. The molecule has 0 spiro atoms. The maximum absolute atomic E-state index is 12.3. The Morgan fingerprint density at radius 2 is 2.30 bits per heavy atom. The number of benzene rings is 1. The van der Waals surface area contributed by atoms with Crippen LogP contribution in [-0.4, -0.2) is 33.2 Å². The fourth-order valence-electron chi connectivity index (χ4n) is 2.82. The van der Waals surface area contributed by atoms with Crippen molar-refractivity contribution in [2.45, 2.75) is 25.9 Å². The summed E-state index contributed by atoms with van der Waals surface area (Å²) < 4.78 is 7.37. The summed E-state index contributed by atoms with van der Waals surface area (Å²) in [4.78, 5) is 23.5. The molecule has 118 valence electrons. The van der Waals surface area contributed by atoms with Crippen LogP contribution in [0.4, 0.5) is 5.69 Å². The molecule has 1 aromatic carbocycles. The molecule has 4 rings (SSSR count). The summed E-state index contributed by atoms with van der Waals surface area (Å²) >= 11 is 0. The summed E-state index contributed by atoms with van der Waals surface area (Å²) in [7, 11) is 0. The van der Waals surface area contributed by atoms with Gasteiger partial charge in [0.05, 0.1) is 12.2 Å². The molecule has 1 aromatic heterocycles. The standard InChI is InChI=1S/C15H15N5O3/c21-14-8-23-11-6-9(3-4-10(11)17-14)15(22)16-7-13-19-18-12-2-1-5-20(12)13/h3-4,6H,1-2,5,7-8H2,(H,16,22)(H,17,21). The number of nitrogens with one attached hydrogen (secondary N) is 2. The Bertz CT molecular complexity index is 798. The number of aryl methyl sites for hydroxylation is 1. The minimum Gasteiger partial charge on any atom is -0.482 e. The van der Waals surface area contributed by atoms with Gasteiger partial charge in [-0.25, -0.2) is 0 Å². The van der Waals surface area contributed by atoms with E-state index in [9.17, 15) is 9.59 Å². The topological polar surface area (TPSA) is 98.1 Å². The van der Waals surface area contributed by atoms with Gasteiger partial charge in [0.1, 0.15) is 11.6 Å². The van der Waals surface area contributed by atoms with E-state index in [1.165, 1.54) is 0 Å². The van der Waals surface area contributed by atoms with Crippen molar-refractivity contribution in [3.63, 3.8) is 0 Å². The monoisotopic (exact) mass is 313 g/mol. The highest BCUT2D eigenvalue weighted by Gasteiger charge is 2.20. The van der Waals surface area contributed by atoms with Gasteiger partial charge in [0.15, 0.2) is 12.4 Å². The molecular formula is C15H15N5O3. The van der Waals surface area contributed by atoms with E-state index in [4.69, 9.17) is 4.74 Å². The first kappa shape index (κ1) is 13.7. The Morgan fingerprint density at radius 3 is 3.22 bits per heavy atom. The SMILES string of the molecule is O=C1COc2cc(C(=O)NCc3nnc4n3CCC4)ccc2N1. The smallest absolute Gasteiger partial charge is 0.262 e. The summed E-state index contributed by atoms with van der Waals surface area (Å²) in [6, 6.07) is 4.94. The first-order valence-corrected chi connectivity index (χ1v) is 7.46. The van der Waals surface area contributed by atoms with E-state index >= 15 is 0 Å². The summed E-state index contributed by atoms with van der Waals surface area (Å²) in [5, 5.41) is 13.8. The van der Waals surface area contributed by atoms with Gasteiger partial charge in [0, 0.05) is 18.5 Å². The average molecular weight is 313 g/mol. The number of fused-ring (bicyclic) bond motifs is 2. The van der Waals surface area contributed by atoms with E-state index < -0.39 is 0 Å². The number of anilines is 1. The number of amides is 2. The lowest BCUT2D eigenvalue weighted by Crippen LogP contribution is -2.27. The number of carbonyl (C=O) groups excluding carboxylic acids is 2. The van der Waals surface area contributed by atoms with Crippen molar-refractivity contribution < 1.29 is 14.3 Å². The van der Waals surface area contributed by atoms with Crippen molar-refractivity contribution in [2.24, 2.45) is 0 Å². The van der Waals surface area contributed by atoms with Gasteiger partial charge in [0.25, 0.3) is 11.8 Å². The van der Waals surface area contributed by atoms with Crippen LogP contribution >= 0.6 is 0 Å². The second kappa shape index (κ2) is 5.38. The first-order chi connectivity index (χ1) is 11.2. The zero-order valence-corrected chi connectivity index (χ0v) is 12.3. The number of carbonyl (C=O) groups is 2. The molecule has 2 aliphatic rings. The zero-order chi connectivity index (χ0) is 15.8. The molecule has 0 aliphatic carbocycles. The number of rotatable bonds is 3. The molecule has 0 saturated heterocycles. The van der Waals surface area contributed by atoms with Crippen molar-refractivity contribution in [1.29, 1.82) is 0 Å². The van der Waals surface area contributed by atoms with Gasteiger partial charge >= 0.3 is 0 Å². The molecule has 0 saturated carbocycles. The third-order valence-corrected chi connectivity index (χ3v) is 3.97. The van der Waals surface area contributed by atoms with Crippen LogP contribution < -0.4 is 15.4 Å². The maximum atomic E-state index is 12.3. The van der Waals surface area contributed by atoms with Crippen molar-refractivity contribution in [3.05, 3.63) is 35.4 Å². The zero-order valence-electron chi connectivity index (χ0n) is 12.3. The first-order valence-electron chi connectivity index (χ1n) is 7.46. The van der Waals surface area contributed by atoms with Gasteiger partial charge in [-0.1, -0.05) is 0 Å². The molecule has 2 amide bonds. The summed E-state index contributed by atoms with van der Waals surface area (Å²) in [5.41, 5.74) is 1.05. The van der Waals surface area contributed by atoms with E-state index in [1.54, 1.807) is 18.2 Å². The Labute approximate surface area is 131 Å². The van der Waals surface area contributed by atoms with Crippen molar-refractivity contribution in [2.75, 3.05) is 11.9 Å². The molecule has 0 bridgehead atoms. The lowest BCUT2D eigenvalue weighted by molar-refractivity contribution is -0.118. The van der Waals surface area contributed by atoms with Crippen LogP contribution in [0.1, 0.15) is 28.4 Å². The van der Waals surface area contributed by atoms with Gasteiger partial charge < -0.3 is 19.9 Å². The Balaban J connectivity index is 1.46. The predicted octanol–water partition coefficient (Wildman–Crippen LogP) is 0.485. The third kappa shape index (κ3) is 2.52. The molecule has 23 heavy (non-hydrogen) atoms. The Morgan fingerprint density at radius 1 is 1.39 bits per heavy atom. The molecule has 2 aliphatic heterocycles. The lowest BCUT2D eigenvalue weighted by Gasteiger charge is -2.18. The molecule has 0 fully saturated rings. The minimum atomic E-state index is -0.219. The molecule has 2 aromatic rings. The van der Waals surface area contributed by atoms with Crippen molar-refractivity contribution in [3.8, 4) is 5.75 Å². The van der Waals surface area contributed by atoms with Crippen LogP contribution in [0.5, 0.6) is 5.75 Å². The van der Waals surface area contributed by atoms with Gasteiger partial charge in [0.2, 0.25) is 0 Å². The molecule has 0 radical (unpaired) electrons. The minimum absolute atomic E-state index is 0.0377. The largest absolute Gasteiger partial charge is 0.482 e. The fraction of sp³-hybridized carbons (Fsp3) is 0.333. The number of nitrogens with zero attached hydrogens (tertiary/aromatic N) is 3. The van der Waals surface area contributed by atoms with E-state index in [0.29, 0.717) is 23.5 Å². The quantitative estimate of drug-likeness (QED) is 0.859.